The molecule has 3 rings (SSSR count). The molecule has 1 aromatic heterocycles. The van der Waals surface area contributed by atoms with Gasteiger partial charge in [-0.1, -0.05) is 6.07 Å². The van der Waals surface area contributed by atoms with Crippen molar-refractivity contribution in [2.24, 2.45) is 10.4 Å². The summed E-state index contributed by atoms with van der Waals surface area (Å²) in [5, 5.41) is 8.44. The first-order chi connectivity index (χ1) is 12.5. The summed E-state index contributed by atoms with van der Waals surface area (Å²) in [6.45, 7) is 3.23. The number of likely N-dealkylation sites (N-methyl/N-ethyl adjacent to an activating group) is 1. The van der Waals surface area contributed by atoms with Gasteiger partial charge >= 0.3 is 0 Å². The highest BCUT2D eigenvalue weighted by Crippen LogP contribution is 2.36. The number of amides is 2. The maximum Gasteiger partial charge on any atom is 0.243 e. The average molecular weight is 378 g/mol. The lowest BCUT2D eigenvalue weighted by Gasteiger charge is -2.40. The molecule has 0 aromatic carbocycles. The molecule has 2 fully saturated rings. The third-order valence-corrected chi connectivity index (χ3v) is 5.90. The van der Waals surface area contributed by atoms with Gasteiger partial charge in [-0.3, -0.25) is 9.59 Å². The Bertz CT molecular complexity index is 673. The van der Waals surface area contributed by atoms with Crippen LogP contribution < -0.4 is 10.6 Å². The molecule has 2 amide bonds. The maximum absolute atomic E-state index is 12.0. The van der Waals surface area contributed by atoms with Gasteiger partial charge in [0.15, 0.2) is 5.96 Å². The predicted molar refractivity (Wildman–Crippen MR) is 103 cm³/mol. The summed E-state index contributed by atoms with van der Waals surface area (Å²) in [5.41, 5.74) is -0.00767. The van der Waals surface area contributed by atoms with Crippen molar-refractivity contribution in [3.05, 3.63) is 22.4 Å². The summed E-state index contributed by atoms with van der Waals surface area (Å²) in [5.74, 6) is 0.872. The third kappa shape index (κ3) is 4.55. The fraction of sp³-hybridized carbons (Fsp3) is 0.611. The topological polar surface area (TPSA) is 77.0 Å². The summed E-state index contributed by atoms with van der Waals surface area (Å²) in [6, 6.07) is 4.11. The first kappa shape index (κ1) is 18.7. The van der Waals surface area contributed by atoms with Crippen LogP contribution in [0.25, 0.3) is 0 Å². The van der Waals surface area contributed by atoms with Gasteiger partial charge in [-0.2, -0.15) is 0 Å². The zero-order valence-electron chi connectivity index (χ0n) is 15.5. The Morgan fingerprint density at radius 3 is 3.00 bits per heavy atom. The molecular weight excluding hydrogens is 350 g/mol. The zero-order chi connectivity index (χ0) is 18.6. The van der Waals surface area contributed by atoms with Gasteiger partial charge in [0.25, 0.3) is 0 Å². The molecule has 142 valence electrons. The van der Waals surface area contributed by atoms with Gasteiger partial charge in [-0.05, 0) is 24.3 Å². The van der Waals surface area contributed by atoms with Gasteiger partial charge in [-0.15, -0.1) is 11.3 Å². The molecule has 0 radical (unpaired) electrons. The van der Waals surface area contributed by atoms with Gasteiger partial charge in [0.05, 0.1) is 6.54 Å². The van der Waals surface area contributed by atoms with Crippen molar-refractivity contribution in [1.82, 2.24) is 20.4 Å². The Kier molecular flexibility index (Phi) is 5.80. The fourth-order valence-corrected chi connectivity index (χ4v) is 4.20. The molecular formula is C18H27N5O2S. The Balaban J connectivity index is 1.71. The molecule has 3 heterocycles. The number of nitrogens with one attached hydrogen (secondary N) is 2. The van der Waals surface area contributed by atoms with E-state index in [2.05, 4.69) is 32.0 Å². The normalized spacial score (nSPS) is 23.2. The Morgan fingerprint density at radius 1 is 1.50 bits per heavy atom. The van der Waals surface area contributed by atoms with Crippen molar-refractivity contribution in [3.63, 3.8) is 0 Å². The number of nitrogens with zero attached hydrogens (tertiary/aromatic N) is 3. The number of aliphatic imine (C=N–C) groups is 1. The van der Waals surface area contributed by atoms with Crippen LogP contribution in [0.1, 0.15) is 24.1 Å². The molecule has 1 aromatic rings. The zero-order valence-corrected chi connectivity index (χ0v) is 16.3. The summed E-state index contributed by atoms with van der Waals surface area (Å²) in [6.07, 6.45) is 2.66. The minimum Gasteiger partial charge on any atom is -0.355 e. The summed E-state index contributed by atoms with van der Waals surface area (Å²) < 4.78 is 0. The molecule has 1 unspecified atom stereocenters. The van der Waals surface area contributed by atoms with Gasteiger partial charge in [0.1, 0.15) is 6.54 Å². The molecule has 2 aliphatic rings. The molecule has 1 atom stereocenters. The van der Waals surface area contributed by atoms with Crippen LogP contribution >= 0.6 is 11.3 Å². The number of piperidine rings is 1. The fourth-order valence-electron chi connectivity index (χ4n) is 3.56. The van der Waals surface area contributed by atoms with E-state index in [1.807, 2.05) is 6.07 Å². The van der Waals surface area contributed by atoms with Gasteiger partial charge in [0, 0.05) is 50.4 Å². The van der Waals surface area contributed by atoms with E-state index in [-0.39, 0.29) is 23.8 Å². The summed E-state index contributed by atoms with van der Waals surface area (Å²) in [4.78, 5) is 33.3. The van der Waals surface area contributed by atoms with E-state index in [0.717, 1.165) is 38.4 Å². The highest BCUT2D eigenvalue weighted by atomic mass is 32.1. The van der Waals surface area contributed by atoms with Crippen LogP contribution in [0, 0.1) is 5.41 Å². The number of hydrogen-bond donors (Lipinski definition) is 2. The molecule has 1 spiro atoms. The van der Waals surface area contributed by atoms with Crippen LogP contribution in [-0.4, -0.2) is 67.8 Å². The largest absolute Gasteiger partial charge is 0.355 e. The van der Waals surface area contributed by atoms with Crippen LogP contribution in [0.5, 0.6) is 0 Å². The van der Waals surface area contributed by atoms with Gasteiger partial charge in [0.2, 0.25) is 11.8 Å². The monoisotopic (exact) mass is 377 g/mol. The maximum atomic E-state index is 12.0. The molecule has 2 aliphatic heterocycles. The van der Waals surface area contributed by atoms with Gasteiger partial charge in [-0.25, -0.2) is 4.99 Å². The number of thiophene rings is 1. The van der Waals surface area contributed by atoms with Crippen molar-refractivity contribution in [2.75, 3.05) is 40.3 Å². The lowest BCUT2D eigenvalue weighted by Crippen LogP contribution is -2.51. The van der Waals surface area contributed by atoms with Crippen LogP contribution in [0.3, 0.4) is 0 Å². The average Bonchev–Trinajstić information content (AvgIpc) is 3.25. The number of hydrogen-bond acceptors (Lipinski definition) is 4. The van der Waals surface area contributed by atoms with E-state index in [1.165, 1.54) is 4.88 Å². The number of carbonyl (C=O) groups excluding carboxylic acids is 2. The van der Waals surface area contributed by atoms with E-state index < -0.39 is 0 Å². The first-order valence-corrected chi connectivity index (χ1v) is 9.88. The third-order valence-electron chi connectivity index (χ3n) is 5.02. The molecule has 0 aliphatic carbocycles. The second-order valence-corrected chi connectivity index (χ2v) is 8.37. The highest BCUT2D eigenvalue weighted by Gasteiger charge is 2.42. The molecule has 8 heteroatoms. The van der Waals surface area contributed by atoms with Crippen LogP contribution in [-0.2, 0) is 16.1 Å². The van der Waals surface area contributed by atoms with E-state index in [1.54, 1.807) is 30.3 Å². The number of likely N-dealkylation sites (tertiary alicyclic amines) is 1. The molecule has 26 heavy (non-hydrogen) atoms. The van der Waals surface area contributed by atoms with Crippen molar-refractivity contribution >= 4 is 29.1 Å². The van der Waals surface area contributed by atoms with E-state index >= 15 is 0 Å². The second kappa shape index (κ2) is 8.07. The Labute approximate surface area is 158 Å². The van der Waals surface area contributed by atoms with Crippen molar-refractivity contribution in [2.45, 2.75) is 25.8 Å². The minimum atomic E-state index is -0.0233. The number of carbonyl (C=O) groups is 2. The smallest absolute Gasteiger partial charge is 0.243 e. The molecule has 2 saturated heterocycles. The molecule has 2 N–H and O–H groups in total. The van der Waals surface area contributed by atoms with Crippen LogP contribution in [0.15, 0.2) is 22.5 Å². The quantitative estimate of drug-likeness (QED) is 0.603. The Hall–Kier alpha value is -2.09. The van der Waals surface area contributed by atoms with E-state index in [0.29, 0.717) is 13.0 Å². The SMILES string of the molecule is CN(C)C(=O)CN=C(NCc1cccs1)N1CCCC2(CNC(=O)C2)C1. The summed E-state index contributed by atoms with van der Waals surface area (Å²) >= 11 is 1.69. The van der Waals surface area contributed by atoms with Crippen LogP contribution in [0.4, 0.5) is 0 Å². The molecule has 0 bridgehead atoms. The first-order valence-electron chi connectivity index (χ1n) is 9.00. The lowest BCUT2D eigenvalue weighted by atomic mass is 9.79. The number of rotatable bonds is 4. The minimum absolute atomic E-state index is 0.00767. The Morgan fingerprint density at radius 2 is 2.35 bits per heavy atom. The highest BCUT2D eigenvalue weighted by molar-refractivity contribution is 7.09. The molecule has 7 nitrogen and oxygen atoms in total. The standard InChI is InChI=1S/C18H27N5O2S/c1-22(2)16(25)11-20-17(19-10-14-5-3-8-26-14)23-7-4-6-18(13-23)9-15(24)21-12-18/h3,5,8H,4,6-7,9-13H2,1-2H3,(H,19,20)(H,21,24). The lowest BCUT2D eigenvalue weighted by molar-refractivity contribution is -0.127. The van der Waals surface area contributed by atoms with Gasteiger partial charge < -0.3 is 20.4 Å². The van der Waals surface area contributed by atoms with Crippen molar-refractivity contribution in [1.29, 1.82) is 0 Å². The molecule has 0 saturated carbocycles. The van der Waals surface area contributed by atoms with Crippen molar-refractivity contribution < 1.29 is 9.59 Å². The number of guanidine groups is 1. The van der Waals surface area contributed by atoms with E-state index in [4.69, 9.17) is 0 Å². The van der Waals surface area contributed by atoms with Crippen LogP contribution in [0.2, 0.25) is 0 Å². The van der Waals surface area contributed by atoms with E-state index in [9.17, 15) is 9.59 Å². The van der Waals surface area contributed by atoms with Crippen molar-refractivity contribution in [3.8, 4) is 0 Å². The second-order valence-electron chi connectivity index (χ2n) is 7.34. The summed E-state index contributed by atoms with van der Waals surface area (Å²) in [7, 11) is 3.48. The predicted octanol–water partition coefficient (Wildman–Crippen LogP) is 0.884.